The Morgan fingerprint density at radius 3 is 2.79 bits per heavy atom. The van der Waals surface area contributed by atoms with Crippen molar-refractivity contribution in [3.8, 4) is 5.75 Å². The van der Waals surface area contributed by atoms with E-state index in [-0.39, 0.29) is 0 Å². The van der Waals surface area contributed by atoms with Crippen LogP contribution in [0.1, 0.15) is 28.8 Å². The highest BCUT2D eigenvalue weighted by Gasteiger charge is 2.04. The highest BCUT2D eigenvalue weighted by Crippen LogP contribution is 2.20. The number of nitrogens with zero attached hydrogens (tertiary/aromatic N) is 2. The number of guanidine groups is 1. The van der Waals surface area contributed by atoms with Gasteiger partial charge in [0.1, 0.15) is 5.75 Å². The van der Waals surface area contributed by atoms with Crippen LogP contribution >= 0.6 is 11.3 Å². The number of hydrogen-bond donors (Lipinski definition) is 2. The second-order valence-electron chi connectivity index (χ2n) is 5.55. The first kappa shape index (κ1) is 18.3. The third kappa shape index (κ3) is 5.53. The summed E-state index contributed by atoms with van der Waals surface area (Å²) in [4.78, 5) is 9.13. The zero-order valence-electron chi connectivity index (χ0n) is 14.8. The fourth-order valence-electron chi connectivity index (χ4n) is 2.32. The Hall–Kier alpha value is -2.08. The number of hydrogen-bond acceptors (Lipinski definition) is 4. The lowest BCUT2D eigenvalue weighted by Gasteiger charge is -2.12. The molecule has 0 aliphatic heterocycles. The zero-order chi connectivity index (χ0) is 17.4. The summed E-state index contributed by atoms with van der Waals surface area (Å²) in [5.74, 6) is 1.69. The molecule has 0 atom stereocenters. The SMILES string of the molecule is CCNC(=NCc1ccc(C)cc1OC)NCCc1csc(C)n1. The Labute approximate surface area is 148 Å². The Morgan fingerprint density at radius 2 is 2.12 bits per heavy atom. The van der Waals surface area contributed by atoms with Crippen molar-refractivity contribution in [1.29, 1.82) is 0 Å². The summed E-state index contributed by atoms with van der Waals surface area (Å²) in [5, 5.41) is 9.85. The Bertz CT molecular complexity index is 681. The summed E-state index contributed by atoms with van der Waals surface area (Å²) in [6.45, 7) is 8.36. The number of methoxy groups -OCH3 is 1. The van der Waals surface area contributed by atoms with Crippen molar-refractivity contribution in [3.05, 3.63) is 45.4 Å². The zero-order valence-corrected chi connectivity index (χ0v) is 15.7. The molecule has 0 saturated carbocycles. The lowest BCUT2D eigenvalue weighted by Crippen LogP contribution is -2.38. The highest BCUT2D eigenvalue weighted by molar-refractivity contribution is 7.09. The number of ether oxygens (including phenoxy) is 1. The molecule has 2 aromatic rings. The van der Waals surface area contributed by atoms with Crippen molar-refractivity contribution >= 4 is 17.3 Å². The van der Waals surface area contributed by atoms with E-state index in [9.17, 15) is 0 Å². The van der Waals surface area contributed by atoms with Crippen molar-refractivity contribution < 1.29 is 4.74 Å². The van der Waals surface area contributed by atoms with Crippen LogP contribution in [0.15, 0.2) is 28.6 Å². The summed E-state index contributed by atoms with van der Waals surface area (Å²) < 4.78 is 5.44. The maximum atomic E-state index is 5.44. The molecule has 0 bridgehead atoms. The van der Waals surface area contributed by atoms with E-state index in [1.54, 1.807) is 18.4 Å². The predicted octanol–water partition coefficient (Wildman–Crippen LogP) is 3.07. The highest BCUT2D eigenvalue weighted by atomic mass is 32.1. The molecule has 1 aromatic carbocycles. The molecule has 5 nitrogen and oxygen atoms in total. The quantitative estimate of drug-likeness (QED) is 0.597. The lowest BCUT2D eigenvalue weighted by molar-refractivity contribution is 0.409. The van der Waals surface area contributed by atoms with Crippen molar-refractivity contribution in [2.24, 2.45) is 4.99 Å². The average Bonchev–Trinajstić information content (AvgIpc) is 2.98. The van der Waals surface area contributed by atoms with E-state index in [1.165, 1.54) is 5.56 Å². The van der Waals surface area contributed by atoms with Crippen molar-refractivity contribution in [1.82, 2.24) is 15.6 Å². The molecule has 0 spiro atoms. The van der Waals surface area contributed by atoms with Crippen LogP contribution in [0.25, 0.3) is 0 Å². The Morgan fingerprint density at radius 1 is 1.29 bits per heavy atom. The molecule has 2 N–H and O–H groups in total. The van der Waals surface area contributed by atoms with Gasteiger partial charge in [-0.15, -0.1) is 11.3 Å². The second kappa shape index (κ2) is 9.27. The maximum Gasteiger partial charge on any atom is 0.191 e. The van der Waals surface area contributed by atoms with Gasteiger partial charge in [0.25, 0.3) is 0 Å². The number of rotatable bonds is 7. The van der Waals surface area contributed by atoms with Crippen LogP contribution in [0.4, 0.5) is 0 Å². The second-order valence-corrected chi connectivity index (χ2v) is 6.61. The van der Waals surface area contributed by atoms with Gasteiger partial charge in [-0.2, -0.15) is 0 Å². The molecule has 0 saturated heterocycles. The van der Waals surface area contributed by atoms with Gasteiger partial charge in [0, 0.05) is 30.5 Å². The first-order valence-corrected chi connectivity index (χ1v) is 9.07. The van der Waals surface area contributed by atoms with E-state index in [2.05, 4.69) is 52.0 Å². The fourth-order valence-corrected chi connectivity index (χ4v) is 2.97. The minimum Gasteiger partial charge on any atom is -0.496 e. The normalized spacial score (nSPS) is 11.4. The summed E-state index contributed by atoms with van der Waals surface area (Å²) in [7, 11) is 1.70. The molecule has 130 valence electrons. The predicted molar refractivity (Wildman–Crippen MR) is 101 cm³/mol. The van der Waals surface area contributed by atoms with Crippen LogP contribution in [-0.2, 0) is 13.0 Å². The van der Waals surface area contributed by atoms with Crippen molar-refractivity contribution in [2.45, 2.75) is 33.7 Å². The molecule has 1 aromatic heterocycles. The van der Waals surface area contributed by atoms with E-state index in [1.807, 2.05) is 13.0 Å². The summed E-state index contributed by atoms with van der Waals surface area (Å²) in [6, 6.07) is 6.19. The van der Waals surface area contributed by atoms with Gasteiger partial charge in [-0.3, -0.25) is 0 Å². The van der Waals surface area contributed by atoms with E-state index in [0.717, 1.165) is 47.5 Å². The fraction of sp³-hybridized carbons (Fsp3) is 0.444. The van der Waals surface area contributed by atoms with Crippen molar-refractivity contribution in [3.63, 3.8) is 0 Å². The molecular weight excluding hydrogens is 320 g/mol. The van der Waals surface area contributed by atoms with Crippen LogP contribution in [0.2, 0.25) is 0 Å². The third-order valence-electron chi connectivity index (χ3n) is 3.53. The standard InChI is InChI=1S/C18H26N4OS/c1-5-19-18(20-9-8-16-12-24-14(3)22-16)21-11-15-7-6-13(2)10-17(15)23-4/h6-7,10,12H,5,8-9,11H2,1-4H3,(H2,19,20,21). The molecule has 0 fully saturated rings. The molecule has 0 aliphatic carbocycles. The van der Waals surface area contributed by atoms with Gasteiger partial charge in [0.2, 0.25) is 0 Å². The molecule has 24 heavy (non-hydrogen) atoms. The minimum absolute atomic E-state index is 0.578. The van der Waals surface area contributed by atoms with E-state index >= 15 is 0 Å². The Kier molecular flexibility index (Phi) is 7.06. The number of nitrogens with one attached hydrogen (secondary N) is 2. The van der Waals surface area contributed by atoms with Crippen molar-refractivity contribution in [2.75, 3.05) is 20.2 Å². The van der Waals surface area contributed by atoms with Gasteiger partial charge in [0.15, 0.2) is 5.96 Å². The van der Waals surface area contributed by atoms with Gasteiger partial charge in [-0.1, -0.05) is 12.1 Å². The van der Waals surface area contributed by atoms with E-state index < -0.39 is 0 Å². The minimum atomic E-state index is 0.578. The van der Waals surface area contributed by atoms with Crippen LogP contribution in [0, 0.1) is 13.8 Å². The van der Waals surface area contributed by atoms with Crippen LogP contribution in [0.3, 0.4) is 0 Å². The number of aliphatic imine (C=N–C) groups is 1. The monoisotopic (exact) mass is 346 g/mol. The topological polar surface area (TPSA) is 58.5 Å². The lowest BCUT2D eigenvalue weighted by atomic mass is 10.1. The number of benzene rings is 1. The maximum absolute atomic E-state index is 5.44. The molecule has 6 heteroatoms. The van der Waals surface area contributed by atoms with E-state index in [4.69, 9.17) is 4.74 Å². The number of aromatic nitrogens is 1. The van der Waals surface area contributed by atoms with Gasteiger partial charge >= 0.3 is 0 Å². The third-order valence-corrected chi connectivity index (χ3v) is 4.36. The van der Waals surface area contributed by atoms with Gasteiger partial charge in [-0.05, 0) is 32.4 Å². The first-order valence-electron chi connectivity index (χ1n) is 8.19. The molecule has 2 rings (SSSR count). The summed E-state index contributed by atoms with van der Waals surface area (Å²) >= 11 is 1.69. The molecule has 0 radical (unpaired) electrons. The van der Waals surface area contributed by atoms with Crippen LogP contribution in [0.5, 0.6) is 5.75 Å². The molecule has 1 heterocycles. The van der Waals surface area contributed by atoms with E-state index in [0.29, 0.717) is 6.54 Å². The number of thiazole rings is 1. The average molecular weight is 347 g/mol. The van der Waals surface area contributed by atoms with Gasteiger partial charge in [0.05, 0.1) is 24.4 Å². The summed E-state index contributed by atoms with van der Waals surface area (Å²) in [5.41, 5.74) is 3.39. The molecular formula is C18H26N4OS. The first-order chi connectivity index (χ1) is 11.6. The molecule has 0 unspecified atom stereocenters. The van der Waals surface area contributed by atoms with Gasteiger partial charge < -0.3 is 15.4 Å². The molecule has 0 aliphatic rings. The summed E-state index contributed by atoms with van der Waals surface area (Å²) in [6.07, 6.45) is 0.891. The van der Waals surface area contributed by atoms with Gasteiger partial charge in [-0.25, -0.2) is 9.98 Å². The molecule has 0 amide bonds. The Balaban J connectivity index is 1.94. The van der Waals surface area contributed by atoms with Crippen LogP contribution < -0.4 is 15.4 Å². The smallest absolute Gasteiger partial charge is 0.191 e. The van der Waals surface area contributed by atoms with Crippen LogP contribution in [-0.4, -0.2) is 31.1 Å². The largest absolute Gasteiger partial charge is 0.496 e. The number of aryl methyl sites for hydroxylation is 2.